The molecule has 3 aliphatic heterocycles. The maximum atomic E-state index is 13.8. The van der Waals surface area contributed by atoms with Crippen LogP contribution in [0.2, 0.25) is 0 Å². The zero-order valence-electron chi connectivity index (χ0n) is 26.0. The van der Waals surface area contributed by atoms with E-state index in [1.54, 1.807) is 0 Å². The summed E-state index contributed by atoms with van der Waals surface area (Å²) < 4.78 is 17.0. The van der Waals surface area contributed by atoms with Gasteiger partial charge in [0.05, 0.1) is 11.8 Å². The van der Waals surface area contributed by atoms with Crippen molar-refractivity contribution in [1.82, 2.24) is 4.90 Å². The van der Waals surface area contributed by atoms with Crippen LogP contribution in [0.4, 0.5) is 17.1 Å². The molecule has 0 atom stereocenters. The van der Waals surface area contributed by atoms with Crippen molar-refractivity contribution in [2.75, 3.05) is 54.6 Å². The summed E-state index contributed by atoms with van der Waals surface area (Å²) in [4.78, 5) is 20.6. The summed E-state index contributed by atoms with van der Waals surface area (Å²) in [5.41, 5.74) is 7.34. The maximum Gasteiger partial charge on any atom is 0.258 e. The molecule has 0 aliphatic carbocycles. The number of benzene rings is 4. The molecule has 1 saturated heterocycles. The number of fused-ring (bicyclic) bond motifs is 2. The molecule has 4 aromatic rings. The topological polar surface area (TPSA) is 66.5 Å². The third-order valence-corrected chi connectivity index (χ3v) is 8.68. The quantitative estimate of drug-likeness (QED) is 0.239. The Morgan fingerprint density at radius 3 is 2.53 bits per heavy atom. The lowest BCUT2D eigenvalue weighted by Gasteiger charge is -2.37. The van der Waals surface area contributed by atoms with E-state index in [1.165, 1.54) is 5.56 Å². The Morgan fingerprint density at radius 2 is 1.67 bits per heavy atom. The van der Waals surface area contributed by atoms with Gasteiger partial charge in [-0.25, -0.2) is 0 Å². The molecule has 8 nitrogen and oxygen atoms in total. The second-order valence-electron chi connectivity index (χ2n) is 12.2. The summed E-state index contributed by atoms with van der Waals surface area (Å²) in [6, 6.07) is 28.8. The number of para-hydroxylation sites is 2. The number of hydrogen-bond acceptors (Lipinski definition) is 7. The Morgan fingerprint density at radius 1 is 0.822 bits per heavy atom. The molecule has 1 fully saturated rings. The van der Waals surface area contributed by atoms with Crippen LogP contribution in [0.5, 0.6) is 17.2 Å². The second-order valence-corrected chi connectivity index (χ2v) is 12.2. The molecule has 0 unspecified atom stereocenters. The SMILES string of the molecule is CC(C)Oc1ccccc1N1CCN(Cc2cccc(C(=O)N3CCc4ccc(NCc5ccc6c(c5)OCO6)cc43)c2)CC1. The van der Waals surface area contributed by atoms with Gasteiger partial charge in [-0.2, -0.15) is 0 Å². The van der Waals surface area contributed by atoms with E-state index < -0.39 is 0 Å². The van der Waals surface area contributed by atoms with Gasteiger partial charge < -0.3 is 29.3 Å². The Labute approximate surface area is 265 Å². The Kier molecular flexibility index (Phi) is 8.22. The predicted molar refractivity (Wildman–Crippen MR) is 178 cm³/mol. The lowest BCUT2D eigenvalue weighted by molar-refractivity contribution is 0.0989. The summed E-state index contributed by atoms with van der Waals surface area (Å²) in [6.45, 7) is 10.3. The van der Waals surface area contributed by atoms with Crippen LogP contribution in [-0.4, -0.2) is 56.4 Å². The fourth-order valence-corrected chi connectivity index (χ4v) is 6.39. The first-order valence-corrected chi connectivity index (χ1v) is 15.9. The van der Waals surface area contributed by atoms with Crippen molar-refractivity contribution in [2.24, 2.45) is 0 Å². The Balaban J connectivity index is 0.977. The van der Waals surface area contributed by atoms with E-state index in [9.17, 15) is 4.79 Å². The molecule has 7 rings (SSSR count). The average molecular weight is 605 g/mol. The number of carbonyl (C=O) groups is 1. The monoisotopic (exact) mass is 604 g/mol. The minimum Gasteiger partial charge on any atom is -0.489 e. The van der Waals surface area contributed by atoms with Crippen molar-refractivity contribution in [1.29, 1.82) is 0 Å². The minimum atomic E-state index is 0.0510. The van der Waals surface area contributed by atoms with Gasteiger partial charge in [-0.1, -0.05) is 36.4 Å². The average Bonchev–Trinajstić information content (AvgIpc) is 3.71. The number of anilines is 3. The molecular weight excluding hydrogens is 564 g/mol. The minimum absolute atomic E-state index is 0.0510. The Bertz CT molecular complexity index is 1680. The summed E-state index contributed by atoms with van der Waals surface area (Å²) in [7, 11) is 0. The third kappa shape index (κ3) is 6.42. The van der Waals surface area contributed by atoms with Gasteiger partial charge in [0, 0.05) is 62.8 Å². The lowest BCUT2D eigenvalue weighted by atomic mass is 10.1. The molecule has 8 heteroatoms. The highest BCUT2D eigenvalue weighted by atomic mass is 16.7. The van der Waals surface area contributed by atoms with Crippen LogP contribution in [0.15, 0.2) is 84.9 Å². The van der Waals surface area contributed by atoms with Crippen molar-refractivity contribution in [2.45, 2.75) is 39.5 Å². The Hall–Kier alpha value is -4.69. The van der Waals surface area contributed by atoms with Gasteiger partial charge in [0.1, 0.15) is 5.75 Å². The fourth-order valence-electron chi connectivity index (χ4n) is 6.39. The molecule has 0 bridgehead atoms. The first-order chi connectivity index (χ1) is 22.0. The maximum absolute atomic E-state index is 13.8. The molecule has 1 amide bonds. The first-order valence-electron chi connectivity index (χ1n) is 15.9. The molecule has 3 aliphatic rings. The van der Waals surface area contributed by atoms with Crippen molar-refractivity contribution in [3.05, 3.63) is 107 Å². The predicted octanol–water partition coefficient (Wildman–Crippen LogP) is 6.34. The van der Waals surface area contributed by atoms with Gasteiger partial charge in [0.15, 0.2) is 11.5 Å². The van der Waals surface area contributed by atoms with Crippen LogP contribution in [0.25, 0.3) is 0 Å². The molecule has 232 valence electrons. The van der Waals surface area contributed by atoms with Crippen molar-refractivity contribution in [3.63, 3.8) is 0 Å². The van der Waals surface area contributed by atoms with Crippen LogP contribution in [-0.2, 0) is 19.5 Å². The smallest absolute Gasteiger partial charge is 0.258 e. The van der Waals surface area contributed by atoms with Crippen molar-refractivity contribution in [3.8, 4) is 17.2 Å². The highest BCUT2D eigenvalue weighted by Gasteiger charge is 2.27. The number of amides is 1. The zero-order chi connectivity index (χ0) is 30.8. The van der Waals surface area contributed by atoms with E-state index in [0.717, 1.165) is 90.1 Å². The normalized spacial score (nSPS) is 15.8. The van der Waals surface area contributed by atoms with Crippen molar-refractivity contribution >= 4 is 23.0 Å². The molecule has 4 aromatic carbocycles. The van der Waals surface area contributed by atoms with E-state index in [2.05, 4.69) is 77.5 Å². The summed E-state index contributed by atoms with van der Waals surface area (Å²) in [5.74, 6) is 2.56. The lowest BCUT2D eigenvalue weighted by Crippen LogP contribution is -2.46. The molecule has 0 saturated carbocycles. The third-order valence-electron chi connectivity index (χ3n) is 8.68. The molecule has 0 radical (unpaired) electrons. The fraction of sp³-hybridized carbons (Fsp3) is 0.324. The summed E-state index contributed by atoms with van der Waals surface area (Å²) in [6.07, 6.45) is 1.00. The van der Waals surface area contributed by atoms with Crippen LogP contribution in [0.3, 0.4) is 0 Å². The van der Waals surface area contributed by atoms with Crippen LogP contribution >= 0.6 is 0 Å². The molecule has 0 spiro atoms. The van der Waals surface area contributed by atoms with E-state index in [1.807, 2.05) is 41.3 Å². The highest BCUT2D eigenvalue weighted by molar-refractivity contribution is 6.07. The molecular formula is C37H40N4O4. The summed E-state index contributed by atoms with van der Waals surface area (Å²) >= 11 is 0. The standard InChI is InChI=1S/C37H40N4O4/c1-26(2)45-34-9-4-3-8-32(34)40-18-16-39(17-19-40)24-28-6-5-7-30(20-28)37(42)41-15-14-29-11-12-31(22-33(29)41)38-23-27-10-13-35-36(21-27)44-25-43-35/h3-13,20-22,26,38H,14-19,23-25H2,1-2H3. The van der Waals surface area contributed by atoms with Crippen LogP contribution in [0, 0.1) is 0 Å². The zero-order valence-corrected chi connectivity index (χ0v) is 26.0. The van der Waals surface area contributed by atoms with Gasteiger partial charge in [-0.15, -0.1) is 0 Å². The van der Waals surface area contributed by atoms with Gasteiger partial charge in [0.2, 0.25) is 6.79 Å². The highest BCUT2D eigenvalue weighted by Crippen LogP contribution is 2.35. The molecule has 45 heavy (non-hydrogen) atoms. The van der Waals surface area contributed by atoms with Crippen LogP contribution in [0.1, 0.15) is 40.9 Å². The number of hydrogen-bond donors (Lipinski definition) is 1. The molecule has 3 heterocycles. The number of carbonyl (C=O) groups excluding carboxylic acids is 1. The van der Waals surface area contributed by atoms with E-state index in [0.29, 0.717) is 13.1 Å². The molecule has 1 N–H and O–H groups in total. The van der Waals surface area contributed by atoms with Gasteiger partial charge in [0.25, 0.3) is 5.91 Å². The summed E-state index contributed by atoms with van der Waals surface area (Å²) in [5, 5.41) is 3.51. The van der Waals surface area contributed by atoms with Crippen molar-refractivity contribution < 1.29 is 19.0 Å². The number of nitrogens with zero attached hydrogens (tertiary/aromatic N) is 3. The number of ether oxygens (including phenoxy) is 3. The molecule has 0 aromatic heterocycles. The van der Waals surface area contributed by atoms with Crippen LogP contribution < -0.4 is 29.3 Å². The van der Waals surface area contributed by atoms with E-state index in [-0.39, 0.29) is 18.8 Å². The van der Waals surface area contributed by atoms with E-state index >= 15 is 0 Å². The van der Waals surface area contributed by atoms with Gasteiger partial charge in [-0.05, 0) is 85.5 Å². The second kappa shape index (κ2) is 12.7. The number of rotatable bonds is 9. The number of nitrogens with one attached hydrogen (secondary N) is 1. The largest absolute Gasteiger partial charge is 0.489 e. The van der Waals surface area contributed by atoms with Gasteiger partial charge in [-0.3, -0.25) is 9.69 Å². The van der Waals surface area contributed by atoms with Gasteiger partial charge >= 0.3 is 0 Å². The van der Waals surface area contributed by atoms with E-state index in [4.69, 9.17) is 14.2 Å². The number of piperazine rings is 1. The first kappa shape index (κ1) is 29.0.